The number of rotatable bonds is 6. The van der Waals surface area contributed by atoms with Gasteiger partial charge in [0, 0.05) is 29.1 Å². The Balaban J connectivity index is 1.34. The van der Waals surface area contributed by atoms with Crippen LogP contribution in [0.4, 0.5) is 21.7 Å². The van der Waals surface area contributed by atoms with Crippen molar-refractivity contribution in [3.8, 4) is 0 Å². The molecular formula is C25H28FN5O. The van der Waals surface area contributed by atoms with Gasteiger partial charge in [0.25, 0.3) is 0 Å². The maximum atomic E-state index is 13.8. The first-order valence-electron chi connectivity index (χ1n) is 11.0. The van der Waals surface area contributed by atoms with Crippen LogP contribution < -0.4 is 10.6 Å². The number of carbonyl (C=O) groups excluding carboxylic acids is 1. The van der Waals surface area contributed by atoms with E-state index in [0.717, 1.165) is 43.3 Å². The third-order valence-electron chi connectivity index (χ3n) is 6.09. The van der Waals surface area contributed by atoms with Crippen molar-refractivity contribution in [2.24, 2.45) is 0 Å². The van der Waals surface area contributed by atoms with E-state index in [-0.39, 0.29) is 17.8 Å². The number of benzene rings is 1. The standard InChI is InChI=1S/C25H28FN5O/c1-17-20(26)7-5-8-21(17)29-25(32)18(2)31-15-12-19(13-16-31)22-9-6-11-24(28-22)30-23-10-3-4-14-27-23/h3-11,14,18-19H,12-13,15-16H2,1-2H3,(H,29,32)(H,27,28,30)/t18-/m1/s1. The number of halogens is 1. The second-order valence-corrected chi connectivity index (χ2v) is 8.18. The fourth-order valence-corrected chi connectivity index (χ4v) is 4.04. The van der Waals surface area contributed by atoms with Gasteiger partial charge in [-0.05, 0) is 76.2 Å². The van der Waals surface area contributed by atoms with Gasteiger partial charge >= 0.3 is 0 Å². The molecule has 0 aliphatic carbocycles. The quantitative estimate of drug-likeness (QED) is 0.580. The Morgan fingerprint density at radius 2 is 1.81 bits per heavy atom. The molecule has 1 aliphatic heterocycles. The summed E-state index contributed by atoms with van der Waals surface area (Å²) in [6.45, 7) is 5.19. The van der Waals surface area contributed by atoms with Crippen LogP contribution in [0.1, 0.15) is 36.9 Å². The van der Waals surface area contributed by atoms with Crippen LogP contribution in [0.2, 0.25) is 0 Å². The van der Waals surface area contributed by atoms with Crippen LogP contribution in [0.5, 0.6) is 0 Å². The summed E-state index contributed by atoms with van der Waals surface area (Å²) in [6, 6.07) is 16.2. The van der Waals surface area contributed by atoms with Gasteiger partial charge in [-0.3, -0.25) is 9.69 Å². The zero-order valence-corrected chi connectivity index (χ0v) is 18.4. The first kappa shape index (κ1) is 21.9. The van der Waals surface area contributed by atoms with E-state index in [4.69, 9.17) is 4.98 Å². The number of aromatic nitrogens is 2. The topological polar surface area (TPSA) is 70.2 Å². The van der Waals surface area contributed by atoms with E-state index >= 15 is 0 Å². The zero-order chi connectivity index (χ0) is 22.5. The van der Waals surface area contributed by atoms with Gasteiger partial charge in [0.2, 0.25) is 5.91 Å². The van der Waals surface area contributed by atoms with Crippen LogP contribution in [-0.2, 0) is 4.79 Å². The molecular weight excluding hydrogens is 405 g/mol. The number of piperidine rings is 1. The van der Waals surface area contributed by atoms with Gasteiger partial charge in [0.15, 0.2) is 0 Å². The Morgan fingerprint density at radius 1 is 1.06 bits per heavy atom. The molecule has 1 atom stereocenters. The summed E-state index contributed by atoms with van der Waals surface area (Å²) in [4.78, 5) is 24.0. The van der Waals surface area contributed by atoms with E-state index in [2.05, 4.69) is 26.6 Å². The molecule has 4 rings (SSSR count). The number of amides is 1. The molecule has 6 nitrogen and oxygen atoms in total. The van der Waals surface area contributed by atoms with Crippen molar-refractivity contribution in [3.63, 3.8) is 0 Å². The van der Waals surface area contributed by atoms with Crippen LogP contribution in [0, 0.1) is 12.7 Å². The summed E-state index contributed by atoms with van der Waals surface area (Å²) in [5.74, 6) is 1.46. The minimum absolute atomic E-state index is 0.114. The predicted octanol–water partition coefficient (Wildman–Crippen LogP) is 4.87. The maximum Gasteiger partial charge on any atom is 0.241 e. The van der Waals surface area contributed by atoms with E-state index in [1.807, 2.05) is 37.3 Å². The Morgan fingerprint density at radius 3 is 2.56 bits per heavy atom. The van der Waals surface area contributed by atoms with Gasteiger partial charge in [-0.15, -0.1) is 0 Å². The second-order valence-electron chi connectivity index (χ2n) is 8.18. The molecule has 1 fully saturated rings. The van der Waals surface area contributed by atoms with E-state index < -0.39 is 0 Å². The van der Waals surface area contributed by atoms with Crippen molar-refractivity contribution in [1.82, 2.24) is 14.9 Å². The number of anilines is 3. The van der Waals surface area contributed by atoms with Crippen molar-refractivity contribution in [3.05, 3.63) is 77.9 Å². The maximum absolute atomic E-state index is 13.8. The van der Waals surface area contributed by atoms with Crippen molar-refractivity contribution in [1.29, 1.82) is 0 Å². The summed E-state index contributed by atoms with van der Waals surface area (Å²) >= 11 is 0. The molecule has 0 unspecified atom stereocenters. The third-order valence-corrected chi connectivity index (χ3v) is 6.09. The Kier molecular flexibility index (Phi) is 6.75. The zero-order valence-electron chi connectivity index (χ0n) is 18.4. The SMILES string of the molecule is Cc1c(F)cccc1NC(=O)[C@@H](C)N1CCC(c2cccc(Nc3ccccn3)n2)CC1. The molecule has 0 bridgehead atoms. The van der Waals surface area contributed by atoms with Crippen LogP contribution >= 0.6 is 0 Å². The molecule has 1 aliphatic rings. The van der Waals surface area contributed by atoms with Gasteiger partial charge in [-0.2, -0.15) is 0 Å². The van der Waals surface area contributed by atoms with Crippen LogP contribution in [-0.4, -0.2) is 39.9 Å². The Hall–Kier alpha value is -3.32. The van der Waals surface area contributed by atoms with Crippen molar-refractivity contribution in [2.75, 3.05) is 23.7 Å². The molecule has 0 radical (unpaired) electrons. The second kappa shape index (κ2) is 9.87. The summed E-state index contributed by atoms with van der Waals surface area (Å²) in [6.07, 6.45) is 3.60. The van der Waals surface area contributed by atoms with Crippen molar-refractivity contribution >= 4 is 23.2 Å². The van der Waals surface area contributed by atoms with Crippen LogP contribution in [0.3, 0.4) is 0 Å². The molecule has 1 aromatic carbocycles. The van der Waals surface area contributed by atoms with Gasteiger partial charge < -0.3 is 10.6 Å². The molecule has 7 heteroatoms. The highest BCUT2D eigenvalue weighted by atomic mass is 19.1. The summed E-state index contributed by atoms with van der Waals surface area (Å²) in [5, 5.41) is 6.12. The van der Waals surface area contributed by atoms with E-state index in [9.17, 15) is 9.18 Å². The number of hydrogen-bond donors (Lipinski definition) is 2. The van der Waals surface area contributed by atoms with Crippen LogP contribution in [0.25, 0.3) is 0 Å². The number of pyridine rings is 2. The number of likely N-dealkylation sites (tertiary alicyclic amines) is 1. The molecule has 1 amide bonds. The summed E-state index contributed by atoms with van der Waals surface area (Å²) in [5.41, 5.74) is 2.04. The molecule has 32 heavy (non-hydrogen) atoms. The van der Waals surface area contributed by atoms with E-state index in [0.29, 0.717) is 17.2 Å². The fraction of sp³-hybridized carbons (Fsp3) is 0.320. The minimum Gasteiger partial charge on any atom is -0.325 e. The smallest absolute Gasteiger partial charge is 0.241 e. The Bertz CT molecular complexity index is 1070. The average molecular weight is 434 g/mol. The number of carbonyl (C=O) groups is 1. The van der Waals surface area contributed by atoms with Gasteiger partial charge in [0.1, 0.15) is 17.5 Å². The molecule has 2 N–H and O–H groups in total. The Labute approximate surface area is 187 Å². The molecule has 1 saturated heterocycles. The van der Waals surface area contributed by atoms with Crippen LogP contribution in [0.15, 0.2) is 60.8 Å². The highest BCUT2D eigenvalue weighted by molar-refractivity contribution is 5.95. The number of nitrogens with one attached hydrogen (secondary N) is 2. The molecule has 3 aromatic rings. The molecule has 2 aromatic heterocycles. The number of nitrogens with zero attached hydrogens (tertiary/aromatic N) is 3. The lowest BCUT2D eigenvalue weighted by molar-refractivity contribution is -0.121. The average Bonchev–Trinajstić information content (AvgIpc) is 2.82. The van der Waals surface area contributed by atoms with E-state index in [1.54, 1.807) is 25.3 Å². The third kappa shape index (κ3) is 5.11. The van der Waals surface area contributed by atoms with E-state index in [1.165, 1.54) is 6.07 Å². The molecule has 0 saturated carbocycles. The normalized spacial score (nSPS) is 15.8. The largest absolute Gasteiger partial charge is 0.325 e. The first-order chi connectivity index (χ1) is 15.5. The molecule has 0 spiro atoms. The summed E-state index contributed by atoms with van der Waals surface area (Å²) < 4.78 is 13.8. The fourth-order valence-electron chi connectivity index (χ4n) is 4.04. The molecule has 3 heterocycles. The highest BCUT2D eigenvalue weighted by Gasteiger charge is 2.28. The molecule has 166 valence electrons. The number of hydrogen-bond acceptors (Lipinski definition) is 5. The lowest BCUT2D eigenvalue weighted by atomic mass is 9.92. The van der Waals surface area contributed by atoms with Crippen molar-refractivity contribution in [2.45, 2.75) is 38.6 Å². The van der Waals surface area contributed by atoms with Crippen molar-refractivity contribution < 1.29 is 9.18 Å². The monoisotopic (exact) mass is 433 g/mol. The first-order valence-corrected chi connectivity index (χ1v) is 11.0. The van der Waals surface area contributed by atoms with Gasteiger partial charge in [0.05, 0.1) is 6.04 Å². The lowest BCUT2D eigenvalue weighted by Gasteiger charge is -2.35. The van der Waals surface area contributed by atoms with Gasteiger partial charge in [-0.25, -0.2) is 14.4 Å². The minimum atomic E-state index is -0.316. The lowest BCUT2D eigenvalue weighted by Crippen LogP contribution is -2.45. The van der Waals surface area contributed by atoms with Gasteiger partial charge in [-0.1, -0.05) is 18.2 Å². The predicted molar refractivity (Wildman–Crippen MR) is 125 cm³/mol. The summed E-state index contributed by atoms with van der Waals surface area (Å²) in [7, 11) is 0. The highest BCUT2D eigenvalue weighted by Crippen LogP contribution is 2.29.